The van der Waals surface area contributed by atoms with E-state index < -0.39 is 0 Å². The van der Waals surface area contributed by atoms with Crippen LogP contribution in [-0.4, -0.2) is 25.0 Å². The fourth-order valence-corrected chi connectivity index (χ4v) is 2.90. The Morgan fingerprint density at radius 1 is 1.32 bits per heavy atom. The van der Waals surface area contributed by atoms with Gasteiger partial charge in [0.1, 0.15) is 0 Å². The Morgan fingerprint density at radius 3 is 3.11 bits per heavy atom. The van der Waals surface area contributed by atoms with Gasteiger partial charge in [-0.25, -0.2) is 0 Å². The first kappa shape index (κ1) is 12.5. The lowest BCUT2D eigenvalue weighted by Gasteiger charge is -2.23. The summed E-state index contributed by atoms with van der Waals surface area (Å²) in [6, 6.07) is 6.78. The van der Waals surface area contributed by atoms with Crippen molar-refractivity contribution in [3.05, 3.63) is 23.8 Å². The molecule has 3 N–H and O–H groups in total. The summed E-state index contributed by atoms with van der Waals surface area (Å²) in [5.41, 5.74) is 3.18. The minimum absolute atomic E-state index is 0.0959. The van der Waals surface area contributed by atoms with Crippen LogP contribution in [0.15, 0.2) is 18.2 Å². The van der Waals surface area contributed by atoms with E-state index in [9.17, 15) is 4.79 Å². The lowest BCUT2D eigenvalue weighted by atomic mass is 10.0. The molecule has 0 bridgehead atoms. The first-order valence-corrected chi connectivity index (χ1v) is 7.21. The molecule has 0 aromatic heterocycles. The summed E-state index contributed by atoms with van der Waals surface area (Å²) in [4.78, 5) is 11.3. The maximum Gasteiger partial charge on any atom is 0.228 e. The number of carbonyl (C=O) groups excluding carboxylic acids is 1. The molecule has 0 spiro atoms. The molecule has 102 valence electrons. The van der Waals surface area contributed by atoms with Gasteiger partial charge in [0, 0.05) is 24.0 Å². The van der Waals surface area contributed by atoms with E-state index in [0.717, 1.165) is 36.4 Å². The fourth-order valence-electron chi connectivity index (χ4n) is 2.90. The Bertz CT molecular complexity index is 466. The second-order valence-electron chi connectivity index (χ2n) is 5.46. The van der Waals surface area contributed by atoms with E-state index in [1.165, 1.54) is 19.3 Å². The normalized spacial score (nSPS) is 21.9. The second-order valence-corrected chi connectivity index (χ2v) is 5.46. The van der Waals surface area contributed by atoms with Crippen molar-refractivity contribution in [2.45, 2.75) is 38.1 Å². The van der Waals surface area contributed by atoms with Gasteiger partial charge in [-0.05, 0) is 49.6 Å². The summed E-state index contributed by atoms with van der Waals surface area (Å²) >= 11 is 0. The lowest BCUT2D eigenvalue weighted by Crippen LogP contribution is -2.35. The summed E-state index contributed by atoms with van der Waals surface area (Å²) in [6.07, 6.45) is 5.63. The number of nitrogens with one attached hydrogen (secondary N) is 3. The fraction of sp³-hybridized carbons (Fsp3) is 0.533. The highest BCUT2D eigenvalue weighted by Crippen LogP contribution is 2.26. The van der Waals surface area contributed by atoms with Gasteiger partial charge in [-0.15, -0.1) is 0 Å². The molecule has 3 rings (SSSR count). The molecule has 1 atom stereocenters. The quantitative estimate of drug-likeness (QED) is 0.776. The number of carbonyl (C=O) groups is 1. The zero-order valence-corrected chi connectivity index (χ0v) is 11.2. The van der Waals surface area contributed by atoms with Crippen molar-refractivity contribution in [1.82, 2.24) is 5.32 Å². The summed E-state index contributed by atoms with van der Waals surface area (Å²) < 4.78 is 0. The van der Waals surface area contributed by atoms with Gasteiger partial charge >= 0.3 is 0 Å². The SMILES string of the molecule is O=C1Cc2cc(NCCC3CCCCN3)ccc2N1. The van der Waals surface area contributed by atoms with Crippen LogP contribution in [0, 0.1) is 0 Å². The average Bonchev–Trinajstić information content (AvgIpc) is 2.79. The molecule has 1 aromatic rings. The summed E-state index contributed by atoms with van der Waals surface area (Å²) in [5.74, 6) is 0.0959. The van der Waals surface area contributed by atoms with E-state index in [-0.39, 0.29) is 5.91 Å². The molecule has 2 aliphatic rings. The molecule has 0 radical (unpaired) electrons. The predicted molar refractivity (Wildman–Crippen MR) is 77.5 cm³/mol. The number of hydrogen-bond acceptors (Lipinski definition) is 3. The third-order valence-corrected chi connectivity index (χ3v) is 3.96. The number of fused-ring (bicyclic) bond motifs is 1. The van der Waals surface area contributed by atoms with Gasteiger partial charge in [-0.2, -0.15) is 0 Å². The molecule has 1 fully saturated rings. The topological polar surface area (TPSA) is 53.2 Å². The van der Waals surface area contributed by atoms with Crippen LogP contribution in [0.2, 0.25) is 0 Å². The third-order valence-electron chi connectivity index (χ3n) is 3.96. The Labute approximate surface area is 114 Å². The van der Waals surface area contributed by atoms with Crippen molar-refractivity contribution in [3.8, 4) is 0 Å². The Kier molecular flexibility index (Phi) is 3.69. The van der Waals surface area contributed by atoms with Crippen LogP contribution < -0.4 is 16.0 Å². The Morgan fingerprint density at radius 2 is 2.26 bits per heavy atom. The van der Waals surface area contributed by atoms with E-state index >= 15 is 0 Å². The van der Waals surface area contributed by atoms with Gasteiger partial charge in [-0.1, -0.05) is 6.42 Å². The molecule has 2 heterocycles. The number of anilines is 2. The minimum atomic E-state index is 0.0959. The number of rotatable bonds is 4. The van der Waals surface area contributed by atoms with E-state index in [1.54, 1.807) is 0 Å². The van der Waals surface area contributed by atoms with Crippen LogP contribution in [0.4, 0.5) is 11.4 Å². The van der Waals surface area contributed by atoms with Crippen molar-refractivity contribution in [1.29, 1.82) is 0 Å². The van der Waals surface area contributed by atoms with E-state index in [2.05, 4.69) is 22.0 Å². The molecule has 2 aliphatic heterocycles. The third kappa shape index (κ3) is 3.07. The van der Waals surface area contributed by atoms with Crippen LogP contribution >= 0.6 is 0 Å². The van der Waals surface area contributed by atoms with Crippen molar-refractivity contribution in [2.75, 3.05) is 23.7 Å². The van der Waals surface area contributed by atoms with Gasteiger partial charge in [0.05, 0.1) is 6.42 Å². The van der Waals surface area contributed by atoms with Crippen LogP contribution in [0.3, 0.4) is 0 Å². The summed E-state index contributed by atoms with van der Waals surface area (Å²) in [5, 5.41) is 9.87. The Balaban J connectivity index is 1.50. The summed E-state index contributed by atoms with van der Waals surface area (Å²) in [6.45, 7) is 2.15. The molecule has 0 aliphatic carbocycles. The highest BCUT2D eigenvalue weighted by Gasteiger charge is 2.17. The van der Waals surface area contributed by atoms with Gasteiger partial charge < -0.3 is 16.0 Å². The maximum absolute atomic E-state index is 11.3. The monoisotopic (exact) mass is 259 g/mol. The largest absolute Gasteiger partial charge is 0.385 e. The molecule has 1 saturated heterocycles. The summed E-state index contributed by atoms with van der Waals surface area (Å²) in [7, 11) is 0. The van der Waals surface area contributed by atoms with Crippen LogP contribution in [0.5, 0.6) is 0 Å². The number of hydrogen-bond donors (Lipinski definition) is 3. The second kappa shape index (κ2) is 5.61. The molecular weight excluding hydrogens is 238 g/mol. The van der Waals surface area contributed by atoms with Gasteiger partial charge in [0.2, 0.25) is 5.91 Å². The zero-order valence-electron chi connectivity index (χ0n) is 11.2. The van der Waals surface area contributed by atoms with Crippen molar-refractivity contribution in [2.24, 2.45) is 0 Å². The Hall–Kier alpha value is -1.55. The highest BCUT2D eigenvalue weighted by molar-refractivity contribution is 5.99. The van der Waals surface area contributed by atoms with Crippen LogP contribution in [-0.2, 0) is 11.2 Å². The minimum Gasteiger partial charge on any atom is -0.385 e. The molecule has 4 heteroatoms. The van der Waals surface area contributed by atoms with Crippen LogP contribution in [0.25, 0.3) is 0 Å². The first-order chi connectivity index (χ1) is 9.31. The maximum atomic E-state index is 11.3. The molecular formula is C15H21N3O. The van der Waals surface area contributed by atoms with Crippen molar-refractivity contribution < 1.29 is 4.79 Å². The van der Waals surface area contributed by atoms with Gasteiger partial charge in [-0.3, -0.25) is 4.79 Å². The molecule has 1 aromatic carbocycles. The smallest absolute Gasteiger partial charge is 0.228 e. The molecule has 1 unspecified atom stereocenters. The lowest BCUT2D eigenvalue weighted by molar-refractivity contribution is -0.115. The highest BCUT2D eigenvalue weighted by atomic mass is 16.1. The molecule has 19 heavy (non-hydrogen) atoms. The van der Waals surface area contributed by atoms with E-state index in [0.29, 0.717) is 12.5 Å². The van der Waals surface area contributed by atoms with Crippen molar-refractivity contribution >= 4 is 17.3 Å². The standard InChI is InChI=1S/C15H21N3O/c19-15-10-11-9-13(4-5-14(11)18-15)17-8-6-12-3-1-2-7-16-12/h4-5,9,12,16-17H,1-3,6-8,10H2,(H,18,19). The van der Waals surface area contributed by atoms with Crippen molar-refractivity contribution in [3.63, 3.8) is 0 Å². The molecule has 0 saturated carbocycles. The van der Waals surface area contributed by atoms with Crippen LogP contribution in [0.1, 0.15) is 31.2 Å². The number of amides is 1. The first-order valence-electron chi connectivity index (χ1n) is 7.21. The number of piperidine rings is 1. The average molecular weight is 259 g/mol. The van der Waals surface area contributed by atoms with Gasteiger partial charge in [0.15, 0.2) is 0 Å². The predicted octanol–water partition coefficient (Wildman–Crippen LogP) is 2.13. The van der Waals surface area contributed by atoms with E-state index in [4.69, 9.17) is 0 Å². The van der Waals surface area contributed by atoms with Gasteiger partial charge in [0.25, 0.3) is 0 Å². The molecule has 4 nitrogen and oxygen atoms in total. The molecule has 1 amide bonds. The zero-order chi connectivity index (χ0) is 13.1. The van der Waals surface area contributed by atoms with E-state index in [1.807, 2.05) is 12.1 Å². The number of benzene rings is 1.